The monoisotopic (exact) mass is 475 g/mol. The third-order valence-electron chi connectivity index (χ3n) is 3.39. The van der Waals surface area contributed by atoms with Gasteiger partial charge in [-0.2, -0.15) is 0 Å². The normalized spacial score (nSPS) is 12.7. The number of nitrogens with one attached hydrogen (secondary N) is 1. The Hall–Kier alpha value is -1.79. The van der Waals surface area contributed by atoms with E-state index in [1.54, 1.807) is 20.8 Å². The molecule has 0 saturated heterocycles. The smallest absolute Gasteiger partial charge is 0.408 e. The van der Waals surface area contributed by atoms with Crippen LogP contribution in [0.3, 0.4) is 0 Å². The van der Waals surface area contributed by atoms with Gasteiger partial charge in [-0.15, -0.1) is 0 Å². The van der Waals surface area contributed by atoms with Crippen molar-refractivity contribution < 1.29 is 24.0 Å². The predicted octanol–water partition coefficient (Wildman–Crippen LogP) is 4.50. The summed E-state index contributed by atoms with van der Waals surface area (Å²) in [6, 6.07) is 2.69. The Morgan fingerprint density at radius 2 is 2.00 bits per heavy atom. The van der Waals surface area contributed by atoms with Gasteiger partial charge in [-0.05, 0) is 43.7 Å². The molecule has 1 rings (SSSR count). The van der Waals surface area contributed by atoms with Gasteiger partial charge < -0.3 is 14.8 Å². The van der Waals surface area contributed by atoms with Crippen molar-refractivity contribution in [2.75, 3.05) is 12.4 Å². The second-order valence-electron chi connectivity index (χ2n) is 8.63. The summed E-state index contributed by atoms with van der Waals surface area (Å²) in [6.07, 6.45) is 0.723. The van der Waals surface area contributed by atoms with Crippen LogP contribution in [0.1, 0.15) is 20.8 Å². The third-order valence-corrected chi connectivity index (χ3v) is 7.39. The predicted molar refractivity (Wildman–Crippen MR) is 121 cm³/mol. The third kappa shape index (κ3) is 10.8. The lowest BCUT2D eigenvalue weighted by Crippen LogP contribution is -2.45. The van der Waals surface area contributed by atoms with E-state index in [0.29, 0.717) is 0 Å². The minimum absolute atomic E-state index is 0.121. The van der Waals surface area contributed by atoms with Crippen LogP contribution in [-0.2, 0) is 14.3 Å². The molecule has 30 heavy (non-hydrogen) atoms. The highest BCUT2D eigenvalue weighted by molar-refractivity contribution is 8.76. The first-order valence-corrected chi connectivity index (χ1v) is 15.4. The number of hydrogen-bond acceptors (Lipinski definition) is 9. The quantitative estimate of drug-likeness (QED) is 0.171. The lowest BCUT2D eigenvalue weighted by atomic mass is 10.2. The number of amides is 1. The Morgan fingerprint density at radius 3 is 2.57 bits per heavy atom. The second kappa shape index (κ2) is 11.6. The number of pyridine rings is 1. The van der Waals surface area contributed by atoms with Crippen LogP contribution in [0.2, 0.25) is 25.7 Å². The molecule has 0 bridgehead atoms. The summed E-state index contributed by atoms with van der Waals surface area (Å²) in [5.74, 6) is -0.439. The van der Waals surface area contributed by atoms with Gasteiger partial charge in [0.2, 0.25) is 0 Å². The number of nitrogens with zero attached hydrogens (tertiary/aromatic N) is 2. The largest absolute Gasteiger partial charge is 0.464 e. The highest BCUT2D eigenvalue weighted by atomic mass is 33.1. The number of aromatic nitrogens is 1. The molecule has 0 aliphatic carbocycles. The molecule has 1 atom stereocenters. The number of carbonyl (C=O) groups is 2. The summed E-state index contributed by atoms with van der Waals surface area (Å²) < 4.78 is 10.6. The van der Waals surface area contributed by atoms with Gasteiger partial charge in [0, 0.05) is 26.1 Å². The first-order valence-electron chi connectivity index (χ1n) is 9.33. The number of ether oxygens (including phenoxy) is 2. The zero-order valence-electron chi connectivity index (χ0n) is 18.1. The Balaban J connectivity index is 2.76. The van der Waals surface area contributed by atoms with Gasteiger partial charge in [0.15, 0.2) is 5.03 Å². The zero-order chi connectivity index (χ0) is 22.9. The molecule has 1 amide bonds. The lowest BCUT2D eigenvalue weighted by Gasteiger charge is -2.23. The molecule has 0 aliphatic rings. The van der Waals surface area contributed by atoms with Gasteiger partial charge in [-0.1, -0.05) is 30.4 Å². The van der Waals surface area contributed by atoms with Crippen molar-refractivity contribution in [2.24, 2.45) is 0 Å². The van der Waals surface area contributed by atoms with E-state index < -0.39 is 36.7 Å². The van der Waals surface area contributed by atoms with Gasteiger partial charge >= 0.3 is 17.7 Å². The number of alkyl carbamates (subject to hydrolysis) is 1. The van der Waals surface area contributed by atoms with Gasteiger partial charge in [-0.25, -0.2) is 14.6 Å². The van der Waals surface area contributed by atoms with Gasteiger partial charge in [0.1, 0.15) is 11.6 Å². The molecule has 1 aromatic rings. The number of carbonyl (C=O) groups excluding carboxylic acids is 2. The van der Waals surface area contributed by atoms with E-state index in [0.717, 1.165) is 27.6 Å². The maximum absolute atomic E-state index is 12.5. The SMILES string of the molecule is CC(C)(C)OC(=O)N[C@@H](CSSc1ncccc1[N+](=O)[O-])C(=O)OCC[Si](C)(C)C. The fraction of sp³-hybridized carbons (Fsp3) is 0.611. The Labute approximate surface area is 185 Å². The van der Waals surface area contributed by atoms with E-state index in [1.807, 2.05) is 0 Å². The highest BCUT2D eigenvalue weighted by Gasteiger charge is 2.27. The average Bonchev–Trinajstić information content (AvgIpc) is 2.58. The van der Waals surface area contributed by atoms with Crippen molar-refractivity contribution in [3.05, 3.63) is 28.4 Å². The number of hydrogen-bond donors (Lipinski definition) is 1. The fourth-order valence-electron chi connectivity index (χ4n) is 1.92. The van der Waals surface area contributed by atoms with Crippen LogP contribution in [0.4, 0.5) is 10.5 Å². The van der Waals surface area contributed by atoms with Crippen LogP contribution in [0.15, 0.2) is 23.4 Å². The molecule has 1 N–H and O–H groups in total. The van der Waals surface area contributed by atoms with E-state index in [2.05, 4.69) is 29.9 Å². The Morgan fingerprint density at radius 1 is 1.33 bits per heavy atom. The molecule has 168 valence electrons. The van der Waals surface area contributed by atoms with Crippen LogP contribution in [0.25, 0.3) is 0 Å². The zero-order valence-corrected chi connectivity index (χ0v) is 20.7. The Bertz CT molecular complexity index is 752. The summed E-state index contributed by atoms with van der Waals surface area (Å²) in [6.45, 7) is 12.0. The van der Waals surface area contributed by atoms with Gasteiger partial charge in [0.25, 0.3) is 0 Å². The summed E-state index contributed by atoms with van der Waals surface area (Å²) >= 11 is 0. The van der Waals surface area contributed by atoms with Crippen LogP contribution >= 0.6 is 21.6 Å². The topological polar surface area (TPSA) is 121 Å². The molecule has 0 radical (unpaired) electrons. The van der Waals surface area contributed by atoms with Crippen LogP contribution in [0, 0.1) is 10.1 Å². The molecule has 12 heteroatoms. The van der Waals surface area contributed by atoms with Crippen molar-refractivity contribution in [3.63, 3.8) is 0 Å². The van der Waals surface area contributed by atoms with Gasteiger partial charge in [0.05, 0.1) is 11.5 Å². The highest BCUT2D eigenvalue weighted by Crippen LogP contribution is 2.35. The minimum Gasteiger partial charge on any atom is -0.464 e. The summed E-state index contributed by atoms with van der Waals surface area (Å²) in [4.78, 5) is 39.2. The van der Waals surface area contributed by atoms with Crippen LogP contribution < -0.4 is 5.32 Å². The van der Waals surface area contributed by atoms with Crippen molar-refractivity contribution >= 4 is 47.4 Å². The van der Waals surface area contributed by atoms with Crippen LogP contribution in [0.5, 0.6) is 0 Å². The van der Waals surface area contributed by atoms with Crippen molar-refractivity contribution in [3.8, 4) is 0 Å². The number of rotatable bonds is 10. The fourth-order valence-corrected chi connectivity index (χ4v) is 4.83. The molecule has 9 nitrogen and oxygen atoms in total. The molecular weight excluding hydrogens is 446 g/mol. The molecule has 0 fully saturated rings. The maximum Gasteiger partial charge on any atom is 0.408 e. The maximum atomic E-state index is 12.5. The molecule has 1 aromatic heterocycles. The van der Waals surface area contributed by atoms with Crippen molar-refractivity contribution in [1.29, 1.82) is 0 Å². The van der Waals surface area contributed by atoms with E-state index in [4.69, 9.17) is 9.47 Å². The molecule has 0 saturated carbocycles. The van der Waals surface area contributed by atoms with E-state index >= 15 is 0 Å². The number of esters is 1. The summed E-state index contributed by atoms with van der Waals surface area (Å²) in [5.41, 5.74) is -0.836. The molecule has 0 aliphatic heterocycles. The summed E-state index contributed by atoms with van der Waals surface area (Å²) in [5, 5.41) is 13.9. The average molecular weight is 476 g/mol. The lowest BCUT2D eigenvalue weighted by molar-refractivity contribution is -0.388. The van der Waals surface area contributed by atoms with E-state index in [9.17, 15) is 19.7 Å². The van der Waals surface area contributed by atoms with E-state index in [-0.39, 0.29) is 23.1 Å². The van der Waals surface area contributed by atoms with Gasteiger partial charge in [-0.3, -0.25) is 10.1 Å². The first kappa shape index (κ1) is 26.2. The van der Waals surface area contributed by atoms with E-state index in [1.165, 1.54) is 18.3 Å². The second-order valence-corrected chi connectivity index (χ2v) is 16.6. The summed E-state index contributed by atoms with van der Waals surface area (Å²) in [7, 11) is 0.841. The standard InChI is InChI=1S/C18H29N3O6S2Si/c1-18(2,3)27-17(23)20-13(16(22)26-10-11-30(4,5)6)12-28-29-15-14(21(24)25)8-7-9-19-15/h7-9,13H,10-12H2,1-6H3,(H,20,23)/t13-/m0/s1. The van der Waals surface area contributed by atoms with Crippen molar-refractivity contribution in [2.45, 2.75) is 63.1 Å². The number of nitro groups is 1. The molecule has 1 heterocycles. The Kier molecular flexibility index (Phi) is 10.1. The molecule has 0 unspecified atom stereocenters. The first-order chi connectivity index (χ1) is 13.8. The molecule has 0 spiro atoms. The van der Waals surface area contributed by atoms with Crippen LogP contribution in [-0.4, -0.2) is 54.0 Å². The molecular formula is C18H29N3O6S2Si. The minimum atomic E-state index is -1.38. The molecule has 0 aromatic carbocycles. The van der Waals surface area contributed by atoms with Crippen molar-refractivity contribution in [1.82, 2.24) is 10.3 Å².